The zero-order chi connectivity index (χ0) is 13.7. The molecule has 98 valence electrons. The molecule has 0 radical (unpaired) electrons. The van der Waals surface area contributed by atoms with Crippen LogP contribution in [0.2, 0.25) is 0 Å². The Morgan fingerprint density at radius 3 is 2.95 bits per heavy atom. The molecular formula is C15H16BrN3. The second kappa shape index (κ2) is 6.48. The van der Waals surface area contributed by atoms with E-state index in [2.05, 4.69) is 62.9 Å². The van der Waals surface area contributed by atoms with E-state index in [0.717, 1.165) is 16.7 Å². The van der Waals surface area contributed by atoms with Crippen LogP contribution in [0.1, 0.15) is 13.8 Å². The zero-order valence-electron chi connectivity index (χ0n) is 11.0. The van der Waals surface area contributed by atoms with Crippen LogP contribution in [0.4, 0.5) is 5.82 Å². The standard InChI is InChI=1S/C15H16BrN3/c1-3-19-12(2)5-4-6-14(19)9-10-17-15-8-7-13(16)11-18-15/h4-11H,3H2,1-2H3. The molecule has 1 aliphatic rings. The van der Waals surface area contributed by atoms with Gasteiger partial charge in [-0.3, -0.25) is 0 Å². The van der Waals surface area contributed by atoms with Crippen molar-refractivity contribution >= 4 is 28.0 Å². The van der Waals surface area contributed by atoms with Gasteiger partial charge >= 0.3 is 0 Å². The summed E-state index contributed by atoms with van der Waals surface area (Å²) in [6, 6.07) is 3.80. The maximum Gasteiger partial charge on any atom is 0.151 e. The molecule has 0 fully saturated rings. The van der Waals surface area contributed by atoms with Crippen molar-refractivity contribution in [1.29, 1.82) is 0 Å². The van der Waals surface area contributed by atoms with E-state index >= 15 is 0 Å². The summed E-state index contributed by atoms with van der Waals surface area (Å²) in [6.07, 6.45) is 11.8. The Labute approximate surface area is 122 Å². The summed E-state index contributed by atoms with van der Waals surface area (Å²) in [6.45, 7) is 5.19. The maximum atomic E-state index is 4.32. The van der Waals surface area contributed by atoms with Gasteiger partial charge in [-0.05, 0) is 60.1 Å². The van der Waals surface area contributed by atoms with Crippen molar-refractivity contribution in [2.24, 2.45) is 4.99 Å². The van der Waals surface area contributed by atoms with E-state index in [1.165, 1.54) is 5.70 Å². The van der Waals surface area contributed by atoms with Crippen LogP contribution in [0, 0.1) is 0 Å². The average Bonchev–Trinajstić information content (AvgIpc) is 2.41. The number of pyridine rings is 1. The van der Waals surface area contributed by atoms with Crippen molar-refractivity contribution in [3.63, 3.8) is 0 Å². The molecule has 0 unspecified atom stereocenters. The van der Waals surface area contributed by atoms with Gasteiger partial charge in [0.25, 0.3) is 0 Å². The molecular weight excluding hydrogens is 302 g/mol. The number of rotatable bonds is 3. The van der Waals surface area contributed by atoms with Gasteiger partial charge in [-0.25, -0.2) is 9.98 Å². The van der Waals surface area contributed by atoms with E-state index < -0.39 is 0 Å². The van der Waals surface area contributed by atoms with Gasteiger partial charge in [0.2, 0.25) is 0 Å². The molecule has 0 spiro atoms. The molecule has 0 aromatic carbocycles. The van der Waals surface area contributed by atoms with Gasteiger partial charge in [0.05, 0.1) is 0 Å². The van der Waals surface area contributed by atoms with Crippen LogP contribution >= 0.6 is 15.9 Å². The number of hydrogen-bond donors (Lipinski definition) is 0. The van der Waals surface area contributed by atoms with Crippen LogP contribution in [-0.2, 0) is 0 Å². The van der Waals surface area contributed by atoms with E-state index in [1.807, 2.05) is 18.2 Å². The summed E-state index contributed by atoms with van der Waals surface area (Å²) in [5.74, 6) is 0.704. The van der Waals surface area contributed by atoms with E-state index in [-0.39, 0.29) is 0 Å². The molecule has 1 aromatic rings. The lowest BCUT2D eigenvalue weighted by molar-refractivity contribution is 0.462. The molecule has 19 heavy (non-hydrogen) atoms. The molecule has 2 heterocycles. The predicted octanol–water partition coefficient (Wildman–Crippen LogP) is 4.23. The fraction of sp³-hybridized carbons (Fsp3) is 0.200. The summed E-state index contributed by atoms with van der Waals surface area (Å²) in [5, 5.41) is 0. The second-order valence-electron chi connectivity index (χ2n) is 4.12. The topological polar surface area (TPSA) is 28.5 Å². The van der Waals surface area contributed by atoms with Gasteiger partial charge in [-0.2, -0.15) is 0 Å². The highest BCUT2D eigenvalue weighted by Crippen LogP contribution is 2.18. The van der Waals surface area contributed by atoms with Gasteiger partial charge in [0.15, 0.2) is 5.82 Å². The number of aliphatic imine (C=N–C) groups is 1. The number of halogens is 1. The minimum absolute atomic E-state index is 0.704. The van der Waals surface area contributed by atoms with Crippen LogP contribution in [0.25, 0.3) is 0 Å². The normalized spacial score (nSPS) is 17.3. The van der Waals surface area contributed by atoms with E-state index in [1.54, 1.807) is 12.4 Å². The molecule has 2 rings (SSSR count). The van der Waals surface area contributed by atoms with Crippen molar-refractivity contribution in [3.05, 3.63) is 58.5 Å². The van der Waals surface area contributed by atoms with Crippen LogP contribution in [-0.4, -0.2) is 22.6 Å². The lowest BCUT2D eigenvalue weighted by Crippen LogP contribution is -2.21. The summed E-state index contributed by atoms with van der Waals surface area (Å²) in [4.78, 5) is 10.8. The van der Waals surface area contributed by atoms with Gasteiger partial charge in [-0.1, -0.05) is 6.08 Å². The molecule has 0 amide bonds. The number of hydrogen-bond acceptors (Lipinski definition) is 3. The third-order valence-corrected chi connectivity index (χ3v) is 3.29. The molecule has 0 saturated carbocycles. The number of nitrogens with zero attached hydrogens (tertiary/aromatic N) is 3. The first-order chi connectivity index (χ1) is 9.20. The maximum absolute atomic E-state index is 4.32. The Bertz CT molecular complexity index is 553. The fourth-order valence-electron chi connectivity index (χ4n) is 1.88. The van der Waals surface area contributed by atoms with Crippen molar-refractivity contribution in [3.8, 4) is 0 Å². The molecule has 0 saturated heterocycles. The summed E-state index contributed by atoms with van der Waals surface area (Å²) >= 11 is 3.35. The zero-order valence-corrected chi connectivity index (χ0v) is 12.6. The monoisotopic (exact) mass is 317 g/mol. The van der Waals surface area contributed by atoms with Crippen LogP contribution in [0.3, 0.4) is 0 Å². The van der Waals surface area contributed by atoms with Gasteiger partial charge in [-0.15, -0.1) is 0 Å². The van der Waals surface area contributed by atoms with Crippen LogP contribution < -0.4 is 0 Å². The number of likely N-dealkylation sites (N-methyl/N-ethyl adjacent to an activating group) is 1. The lowest BCUT2D eigenvalue weighted by atomic mass is 10.2. The Kier molecular flexibility index (Phi) is 4.68. The smallest absolute Gasteiger partial charge is 0.151 e. The highest BCUT2D eigenvalue weighted by Gasteiger charge is 2.08. The first kappa shape index (κ1) is 13.7. The summed E-state index contributed by atoms with van der Waals surface area (Å²) in [5.41, 5.74) is 2.38. The quantitative estimate of drug-likeness (QED) is 0.781. The largest absolute Gasteiger partial charge is 0.346 e. The third kappa shape index (κ3) is 3.64. The molecule has 0 atom stereocenters. The minimum Gasteiger partial charge on any atom is -0.346 e. The molecule has 1 aromatic heterocycles. The van der Waals surface area contributed by atoms with E-state index in [4.69, 9.17) is 0 Å². The van der Waals surface area contributed by atoms with Crippen molar-refractivity contribution in [2.75, 3.05) is 6.54 Å². The Morgan fingerprint density at radius 1 is 1.42 bits per heavy atom. The second-order valence-corrected chi connectivity index (χ2v) is 5.03. The Hall–Kier alpha value is -1.68. The SMILES string of the molecule is CCN1C(C)=CC=CC1=CC=Nc1ccc(Br)cn1. The highest BCUT2D eigenvalue weighted by atomic mass is 79.9. The number of allylic oxidation sites excluding steroid dienone is 5. The predicted molar refractivity (Wildman–Crippen MR) is 83.4 cm³/mol. The first-order valence-corrected chi connectivity index (χ1v) is 6.98. The average molecular weight is 318 g/mol. The van der Waals surface area contributed by atoms with Gasteiger partial charge in [0, 0.05) is 34.8 Å². The molecule has 0 bridgehead atoms. The first-order valence-electron chi connectivity index (χ1n) is 6.19. The van der Waals surface area contributed by atoms with Crippen molar-refractivity contribution < 1.29 is 0 Å². The summed E-state index contributed by atoms with van der Waals surface area (Å²) in [7, 11) is 0. The van der Waals surface area contributed by atoms with Gasteiger partial charge < -0.3 is 4.90 Å². The van der Waals surface area contributed by atoms with Crippen LogP contribution in [0.5, 0.6) is 0 Å². The van der Waals surface area contributed by atoms with Gasteiger partial charge in [0.1, 0.15) is 0 Å². The lowest BCUT2D eigenvalue weighted by Gasteiger charge is -2.26. The van der Waals surface area contributed by atoms with E-state index in [0.29, 0.717) is 5.82 Å². The fourth-order valence-corrected chi connectivity index (χ4v) is 2.12. The molecule has 0 aliphatic carbocycles. The van der Waals surface area contributed by atoms with E-state index in [9.17, 15) is 0 Å². The summed E-state index contributed by atoms with van der Waals surface area (Å²) < 4.78 is 0.956. The highest BCUT2D eigenvalue weighted by molar-refractivity contribution is 9.10. The Morgan fingerprint density at radius 2 is 2.26 bits per heavy atom. The number of aromatic nitrogens is 1. The van der Waals surface area contributed by atoms with Crippen molar-refractivity contribution in [1.82, 2.24) is 9.88 Å². The van der Waals surface area contributed by atoms with Crippen LogP contribution in [0.15, 0.2) is 63.5 Å². The third-order valence-electron chi connectivity index (χ3n) is 2.82. The molecule has 4 heteroatoms. The molecule has 0 N–H and O–H groups in total. The molecule has 1 aliphatic heterocycles. The molecule has 3 nitrogen and oxygen atoms in total. The van der Waals surface area contributed by atoms with Crippen molar-refractivity contribution in [2.45, 2.75) is 13.8 Å². The Balaban J connectivity index is 2.11. The minimum atomic E-state index is 0.704.